The van der Waals surface area contributed by atoms with Gasteiger partial charge >= 0.3 is 0 Å². The van der Waals surface area contributed by atoms with Crippen LogP contribution in [0.2, 0.25) is 0 Å². The second-order valence-corrected chi connectivity index (χ2v) is 8.11. The molecule has 2 aliphatic carbocycles. The Hall–Kier alpha value is -2.67. The lowest BCUT2D eigenvalue weighted by Gasteiger charge is -2.24. The van der Waals surface area contributed by atoms with Crippen LogP contribution < -0.4 is 5.32 Å². The molecule has 0 aromatic heterocycles. The normalized spacial score (nSPS) is 30.6. The molecule has 3 aliphatic rings. The number of likely N-dealkylation sites (N-methyl/N-ethyl adjacent to an activating group) is 2. The summed E-state index contributed by atoms with van der Waals surface area (Å²) in [5.74, 6) is 0.912. The number of fused-ring (bicyclic) bond motifs is 1. The number of aliphatic imine (C=N–C) groups is 1. The first-order chi connectivity index (χ1) is 14.4. The second kappa shape index (κ2) is 10.4. The smallest absolute Gasteiger partial charge is 0.293 e. The molecule has 0 amide bonds. The molecular formula is C23H32FN5O. The molecule has 3 rings (SSSR count). The third-order valence-corrected chi connectivity index (χ3v) is 5.30. The molecule has 162 valence electrons. The Morgan fingerprint density at radius 2 is 2.07 bits per heavy atom. The number of guanidine groups is 1. The minimum absolute atomic E-state index is 0.113. The van der Waals surface area contributed by atoms with Crippen molar-refractivity contribution in [3.63, 3.8) is 0 Å². The Morgan fingerprint density at radius 3 is 2.87 bits per heavy atom. The molecule has 1 heterocycles. The van der Waals surface area contributed by atoms with Crippen molar-refractivity contribution in [3.8, 4) is 0 Å². The lowest BCUT2D eigenvalue weighted by Crippen LogP contribution is -2.44. The maximum Gasteiger partial charge on any atom is 0.293 e. The van der Waals surface area contributed by atoms with E-state index in [0.29, 0.717) is 24.6 Å². The number of nitrogens with zero attached hydrogens (tertiary/aromatic N) is 3. The third kappa shape index (κ3) is 6.16. The molecule has 0 saturated heterocycles. The minimum atomic E-state index is -0.229. The van der Waals surface area contributed by atoms with Gasteiger partial charge in [0.05, 0.1) is 12.1 Å². The van der Waals surface area contributed by atoms with Crippen molar-refractivity contribution in [2.24, 2.45) is 4.99 Å². The molecule has 7 heteroatoms. The van der Waals surface area contributed by atoms with E-state index in [4.69, 9.17) is 15.1 Å². The van der Waals surface area contributed by atoms with Crippen molar-refractivity contribution < 1.29 is 9.13 Å². The zero-order valence-electron chi connectivity index (χ0n) is 18.1. The largest absolute Gasteiger partial charge is 0.430 e. The van der Waals surface area contributed by atoms with Gasteiger partial charge in [-0.05, 0) is 45.5 Å². The standard InChI is InChI=1S/C23H32FN5O/c1-28(2)16-17-8-6-12-20-21(13-7-9-17)29(3)23(26-20)27-22(25)30-19-11-5-4-10-18(24)14-15-19/h4-5,7-8,13-15,20-21H,6,9-12,16H2,1-3H3,(H2,25,26,27)/b5-4?,13-7-,17-8+,18-14+,19-15+. The number of nitrogens with one attached hydrogen (secondary N) is 2. The van der Waals surface area contributed by atoms with Gasteiger partial charge in [-0.2, -0.15) is 0 Å². The molecule has 2 unspecified atom stereocenters. The van der Waals surface area contributed by atoms with E-state index in [1.165, 1.54) is 11.6 Å². The molecular weight excluding hydrogens is 381 g/mol. The van der Waals surface area contributed by atoms with Gasteiger partial charge in [-0.15, -0.1) is 0 Å². The molecule has 6 nitrogen and oxygen atoms in total. The highest BCUT2D eigenvalue weighted by Gasteiger charge is 2.32. The molecule has 2 N–H and O–H groups in total. The summed E-state index contributed by atoms with van der Waals surface area (Å²) in [6, 6.07) is 0.184. The van der Waals surface area contributed by atoms with Crippen LogP contribution in [0.25, 0.3) is 0 Å². The average molecular weight is 414 g/mol. The highest BCUT2D eigenvalue weighted by molar-refractivity contribution is 5.96. The van der Waals surface area contributed by atoms with Crippen molar-refractivity contribution in [1.82, 2.24) is 15.1 Å². The summed E-state index contributed by atoms with van der Waals surface area (Å²) >= 11 is 0. The van der Waals surface area contributed by atoms with Crippen LogP contribution in [0, 0.1) is 5.41 Å². The predicted octanol–water partition coefficient (Wildman–Crippen LogP) is 3.88. The van der Waals surface area contributed by atoms with Gasteiger partial charge in [0.15, 0.2) is 0 Å². The minimum Gasteiger partial charge on any atom is -0.430 e. The fourth-order valence-corrected chi connectivity index (χ4v) is 3.82. The van der Waals surface area contributed by atoms with E-state index in [0.717, 1.165) is 25.8 Å². The fraction of sp³-hybridized carbons (Fsp3) is 0.478. The highest BCUT2D eigenvalue weighted by Crippen LogP contribution is 2.24. The van der Waals surface area contributed by atoms with Crippen molar-refractivity contribution in [2.75, 3.05) is 27.7 Å². The first kappa shape index (κ1) is 22.0. The zero-order valence-corrected chi connectivity index (χ0v) is 18.1. The third-order valence-electron chi connectivity index (χ3n) is 5.30. The second-order valence-electron chi connectivity index (χ2n) is 8.11. The zero-order chi connectivity index (χ0) is 21.5. The van der Waals surface area contributed by atoms with Crippen LogP contribution in [-0.2, 0) is 4.74 Å². The number of hydrogen-bond donors (Lipinski definition) is 2. The van der Waals surface area contributed by atoms with Crippen molar-refractivity contribution in [3.05, 3.63) is 59.7 Å². The van der Waals surface area contributed by atoms with Crippen LogP contribution in [0.5, 0.6) is 0 Å². The van der Waals surface area contributed by atoms with Crippen LogP contribution in [0.15, 0.2) is 64.7 Å². The first-order valence-electron chi connectivity index (χ1n) is 10.5. The molecule has 2 atom stereocenters. The lowest BCUT2D eigenvalue weighted by atomic mass is 10.0. The van der Waals surface area contributed by atoms with Gasteiger partial charge in [-0.3, -0.25) is 10.7 Å². The summed E-state index contributed by atoms with van der Waals surface area (Å²) in [5.41, 5.74) is 1.43. The maximum atomic E-state index is 13.5. The van der Waals surface area contributed by atoms with E-state index >= 15 is 0 Å². The Labute approximate surface area is 178 Å². The Kier molecular flexibility index (Phi) is 7.63. The molecule has 0 fully saturated rings. The SMILES string of the molecule is CN(C)C/C1=C/CCC2N=C(NC(=N)O/C3=C/C=C(/F)CC=CC3)N(C)C2/C=C\C1. The first-order valence-corrected chi connectivity index (χ1v) is 10.5. The molecule has 0 saturated carbocycles. The predicted molar refractivity (Wildman–Crippen MR) is 120 cm³/mol. The van der Waals surface area contributed by atoms with E-state index in [9.17, 15) is 4.39 Å². The number of amidine groups is 1. The number of allylic oxidation sites excluding steroid dienone is 7. The molecule has 0 spiro atoms. The van der Waals surface area contributed by atoms with Crippen LogP contribution in [0.3, 0.4) is 0 Å². The van der Waals surface area contributed by atoms with Gasteiger partial charge in [0, 0.05) is 26.4 Å². The number of hydrogen-bond acceptors (Lipinski definition) is 5. The molecule has 0 radical (unpaired) electrons. The van der Waals surface area contributed by atoms with Gasteiger partial charge in [0.2, 0.25) is 5.96 Å². The van der Waals surface area contributed by atoms with Crippen molar-refractivity contribution >= 4 is 12.0 Å². The topological polar surface area (TPSA) is 64.0 Å². The summed E-state index contributed by atoms with van der Waals surface area (Å²) in [5, 5.41) is 11.2. The van der Waals surface area contributed by atoms with E-state index in [2.05, 4.69) is 47.4 Å². The van der Waals surface area contributed by atoms with E-state index in [-0.39, 0.29) is 23.9 Å². The van der Waals surface area contributed by atoms with E-state index in [1.807, 2.05) is 13.1 Å². The fourth-order valence-electron chi connectivity index (χ4n) is 3.82. The molecule has 0 aromatic rings. The summed E-state index contributed by atoms with van der Waals surface area (Å²) < 4.78 is 19.1. The Balaban J connectivity index is 1.62. The van der Waals surface area contributed by atoms with Gasteiger partial charge in [-0.25, -0.2) is 9.38 Å². The van der Waals surface area contributed by atoms with Crippen LogP contribution in [-0.4, -0.2) is 61.6 Å². The Morgan fingerprint density at radius 1 is 1.27 bits per heavy atom. The summed E-state index contributed by atoms with van der Waals surface area (Å²) in [6.45, 7) is 0.976. The Bertz CT molecular complexity index is 821. The molecule has 1 aliphatic heterocycles. The van der Waals surface area contributed by atoms with Crippen molar-refractivity contribution in [2.45, 2.75) is 44.2 Å². The molecule has 30 heavy (non-hydrogen) atoms. The number of ether oxygens (including phenoxy) is 1. The van der Waals surface area contributed by atoms with Gasteiger partial charge in [0.25, 0.3) is 6.02 Å². The number of halogens is 1. The van der Waals surface area contributed by atoms with Crippen molar-refractivity contribution in [1.29, 1.82) is 5.41 Å². The van der Waals surface area contributed by atoms with Crippen LogP contribution >= 0.6 is 0 Å². The van der Waals surface area contributed by atoms with E-state index in [1.54, 1.807) is 12.2 Å². The monoisotopic (exact) mass is 413 g/mol. The quantitative estimate of drug-likeness (QED) is 0.419. The molecule has 0 aromatic carbocycles. The van der Waals surface area contributed by atoms with Gasteiger partial charge < -0.3 is 14.5 Å². The summed E-state index contributed by atoms with van der Waals surface area (Å²) in [4.78, 5) is 9.07. The summed E-state index contributed by atoms with van der Waals surface area (Å²) in [7, 11) is 6.17. The molecule has 0 bridgehead atoms. The number of rotatable bonds is 3. The summed E-state index contributed by atoms with van der Waals surface area (Å²) in [6.07, 6.45) is 17.1. The average Bonchev–Trinajstić information content (AvgIpc) is 2.99. The van der Waals surface area contributed by atoms with Crippen LogP contribution in [0.4, 0.5) is 4.39 Å². The highest BCUT2D eigenvalue weighted by atomic mass is 19.1. The lowest BCUT2D eigenvalue weighted by molar-refractivity contribution is 0.374. The van der Waals surface area contributed by atoms with Crippen LogP contribution in [0.1, 0.15) is 32.1 Å². The maximum absolute atomic E-state index is 13.5. The van der Waals surface area contributed by atoms with E-state index < -0.39 is 0 Å². The van der Waals surface area contributed by atoms with Gasteiger partial charge in [-0.1, -0.05) is 36.0 Å². The van der Waals surface area contributed by atoms with Gasteiger partial charge in [0.1, 0.15) is 11.6 Å².